The van der Waals surface area contributed by atoms with Crippen LogP contribution >= 0.6 is 28.1 Å². The highest BCUT2D eigenvalue weighted by Gasteiger charge is 2.25. The molecule has 1 atom stereocenters. The SMILES string of the molecule is Cc1cc(Br)cc(C)c1NC(=O)C(C(N)=S)C(C)C. The van der Waals surface area contributed by atoms with Gasteiger partial charge in [0.25, 0.3) is 0 Å². The molecule has 0 heterocycles. The van der Waals surface area contributed by atoms with Crippen molar-refractivity contribution in [2.75, 3.05) is 5.32 Å². The molecule has 0 saturated carbocycles. The van der Waals surface area contributed by atoms with E-state index in [1.54, 1.807) is 0 Å². The van der Waals surface area contributed by atoms with Crippen molar-refractivity contribution in [3.8, 4) is 0 Å². The van der Waals surface area contributed by atoms with Crippen LogP contribution in [-0.2, 0) is 4.79 Å². The third kappa shape index (κ3) is 4.01. The number of nitrogens with one attached hydrogen (secondary N) is 1. The second kappa shape index (κ2) is 6.48. The minimum Gasteiger partial charge on any atom is -0.393 e. The lowest BCUT2D eigenvalue weighted by Gasteiger charge is -2.20. The van der Waals surface area contributed by atoms with Gasteiger partial charge in [-0.1, -0.05) is 42.0 Å². The number of hydrogen-bond donors (Lipinski definition) is 2. The summed E-state index contributed by atoms with van der Waals surface area (Å²) in [6, 6.07) is 3.93. The van der Waals surface area contributed by atoms with Crippen molar-refractivity contribution >= 4 is 44.7 Å². The van der Waals surface area contributed by atoms with Crippen molar-refractivity contribution in [1.82, 2.24) is 0 Å². The molecule has 1 aromatic rings. The Kier molecular flexibility index (Phi) is 5.50. The van der Waals surface area contributed by atoms with E-state index in [0.717, 1.165) is 21.3 Å². The van der Waals surface area contributed by atoms with Gasteiger partial charge in [-0.3, -0.25) is 4.79 Å². The Balaban J connectivity index is 3.03. The molecule has 0 saturated heterocycles. The summed E-state index contributed by atoms with van der Waals surface area (Å²) < 4.78 is 0.996. The maximum absolute atomic E-state index is 12.3. The number of hydrogen-bond acceptors (Lipinski definition) is 2. The molecule has 0 spiro atoms. The standard InChI is InChI=1S/C14H19BrN2OS/c1-7(2)11(13(16)19)14(18)17-12-8(3)5-10(15)6-9(12)4/h5-7,11H,1-4H3,(H2,16,19)(H,17,18). The highest BCUT2D eigenvalue weighted by Crippen LogP contribution is 2.26. The highest BCUT2D eigenvalue weighted by molar-refractivity contribution is 9.10. The molecule has 1 rings (SSSR count). The predicted molar refractivity (Wildman–Crippen MR) is 87.4 cm³/mol. The highest BCUT2D eigenvalue weighted by atomic mass is 79.9. The van der Waals surface area contributed by atoms with Crippen LogP contribution in [0.25, 0.3) is 0 Å². The third-order valence-corrected chi connectivity index (χ3v) is 3.71. The molecule has 0 aliphatic carbocycles. The van der Waals surface area contributed by atoms with Crippen molar-refractivity contribution < 1.29 is 4.79 Å². The van der Waals surface area contributed by atoms with Gasteiger partial charge in [0.15, 0.2) is 0 Å². The van der Waals surface area contributed by atoms with Crippen LogP contribution in [-0.4, -0.2) is 10.9 Å². The van der Waals surface area contributed by atoms with E-state index in [1.807, 2.05) is 39.8 Å². The molecule has 5 heteroatoms. The summed E-state index contributed by atoms with van der Waals surface area (Å²) in [6.45, 7) is 7.78. The fourth-order valence-corrected chi connectivity index (χ4v) is 3.14. The molecule has 0 aliphatic heterocycles. The van der Waals surface area contributed by atoms with E-state index in [4.69, 9.17) is 18.0 Å². The Bertz CT molecular complexity index is 491. The number of halogens is 1. The van der Waals surface area contributed by atoms with Gasteiger partial charge in [-0.05, 0) is 43.0 Å². The zero-order valence-electron chi connectivity index (χ0n) is 11.6. The quantitative estimate of drug-likeness (QED) is 0.822. The summed E-state index contributed by atoms with van der Waals surface area (Å²) in [6.07, 6.45) is 0. The zero-order valence-corrected chi connectivity index (χ0v) is 14.0. The molecule has 104 valence electrons. The summed E-state index contributed by atoms with van der Waals surface area (Å²) in [7, 11) is 0. The number of benzene rings is 1. The normalized spacial score (nSPS) is 12.3. The van der Waals surface area contributed by atoms with Crippen molar-refractivity contribution in [3.05, 3.63) is 27.7 Å². The van der Waals surface area contributed by atoms with Gasteiger partial charge in [0.1, 0.15) is 0 Å². The number of carbonyl (C=O) groups is 1. The minimum atomic E-state index is -0.447. The number of carbonyl (C=O) groups excluding carboxylic acids is 1. The molecule has 3 nitrogen and oxygen atoms in total. The Morgan fingerprint density at radius 2 is 1.79 bits per heavy atom. The minimum absolute atomic E-state index is 0.0774. The third-order valence-electron chi connectivity index (χ3n) is 3.00. The van der Waals surface area contributed by atoms with Crippen molar-refractivity contribution in [2.45, 2.75) is 27.7 Å². The fourth-order valence-electron chi connectivity index (χ4n) is 2.07. The van der Waals surface area contributed by atoms with Crippen LogP contribution in [0.1, 0.15) is 25.0 Å². The van der Waals surface area contributed by atoms with Gasteiger partial charge in [-0.15, -0.1) is 0 Å². The molecular weight excluding hydrogens is 324 g/mol. The molecule has 1 aromatic carbocycles. The first-order valence-electron chi connectivity index (χ1n) is 6.11. The molecule has 0 fully saturated rings. The molecule has 19 heavy (non-hydrogen) atoms. The molecular formula is C14H19BrN2OS. The topological polar surface area (TPSA) is 55.1 Å². The lowest BCUT2D eigenvalue weighted by Crippen LogP contribution is -2.37. The fraction of sp³-hybridized carbons (Fsp3) is 0.429. The van der Waals surface area contributed by atoms with Crippen LogP contribution in [0.5, 0.6) is 0 Å². The summed E-state index contributed by atoms with van der Waals surface area (Å²) in [5, 5.41) is 2.94. The van der Waals surface area contributed by atoms with E-state index in [2.05, 4.69) is 21.2 Å². The summed E-state index contributed by atoms with van der Waals surface area (Å²) >= 11 is 8.42. The summed E-state index contributed by atoms with van der Waals surface area (Å²) in [5.74, 6) is -0.512. The molecule has 1 unspecified atom stereocenters. The van der Waals surface area contributed by atoms with Gasteiger partial charge >= 0.3 is 0 Å². The average molecular weight is 343 g/mol. The first-order chi connectivity index (χ1) is 8.73. The zero-order chi connectivity index (χ0) is 14.7. The first kappa shape index (κ1) is 16.1. The number of amides is 1. The predicted octanol–water partition coefficient (Wildman–Crippen LogP) is 3.56. The van der Waals surface area contributed by atoms with Crippen molar-refractivity contribution in [1.29, 1.82) is 0 Å². The van der Waals surface area contributed by atoms with Gasteiger partial charge in [0.2, 0.25) is 5.91 Å². The maximum atomic E-state index is 12.3. The molecule has 0 aliphatic rings. The van der Waals surface area contributed by atoms with Gasteiger partial charge in [-0.2, -0.15) is 0 Å². The molecule has 0 aromatic heterocycles. The van der Waals surface area contributed by atoms with E-state index < -0.39 is 5.92 Å². The second-order valence-corrected chi connectivity index (χ2v) is 6.41. The van der Waals surface area contributed by atoms with E-state index in [0.29, 0.717) is 0 Å². The Labute approximate surface area is 128 Å². The maximum Gasteiger partial charge on any atom is 0.234 e. The van der Waals surface area contributed by atoms with E-state index >= 15 is 0 Å². The van der Waals surface area contributed by atoms with E-state index in [-0.39, 0.29) is 16.8 Å². The van der Waals surface area contributed by atoms with E-state index in [1.165, 1.54) is 0 Å². The number of aryl methyl sites for hydroxylation is 2. The van der Waals surface area contributed by atoms with Crippen molar-refractivity contribution in [2.24, 2.45) is 17.6 Å². The first-order valence-corrected chi connectivity index (χ1v) is 7.31. The molecule has 0 radical (unpaired) electrons. The van der Waals surface area contributed by atoms with Crippen LogP contribution < -0.4 is 11.1 Å². The summed E-state index contributed by atoms with van der Waals surface area (Å²) in [5.41, 5.74) is 8.49. The second-order valence-electron chi connectivity index (χ2n) is 5.03. The summed E-state index contributed by atoms with van der Waals surface area (Å²) in [4.78, 5) is 12.5. The van der Waals surface area contributed by atoms with Crippen LogP contribution in [0, 0.1) is 25.7 Å². The van der Waals surface area contributed by atoms with E-state index in [9.17, 15) is 4.79 Å². The van der Waals surface area contributed by atoms with Crippen molar-refractivity contribution in [3.63, 3.8) is 0 Å². The Morgan fingerprint density at radius 3 is 2.16 bits per heavy atom. The molecule has 1 amide bonds. The van der Waals surface area contributed by atoms with Gasteiger partial charge in [0, 0.05) is 10.2 Å². The number of thiocarbonyl (C=S) groups is 1. The average Bonchev–Trinajstić information content (AvgIpc) is 2.22. The van der Waals surface area contributed by atoms with Crippen LogP contribution in [0.15, 0.2) is 16.6 Å². The number of nitrogens with two attached hydrogens (primary N) is 1. The van der Waals surface area contributed by atoms with Gasteiger partial charge < -0.3 is 11.1 Å². The Morgan fingerprint density at radius 1 is 1.32 bits per heavy atom. The van der Waals surface area contributed by atoms with Crippen LogP contribution in [0.3, 0.4) is 0 Å². The monoisotopic (exact) mass is 342 g/mol. The van der Waals surface area contributed by atoms with Gasteiger partial charge in [0.05, 0.1) is 10.9 Å². The largest absolute Gasteiger partial charge is 0.393 e. The Hall–Kier alpha value is -0.940. The number of rotatable bonds is 4. The number of anilines is 1. The van der Waals surface area contributed by atoms with Crippen LogP contribution in [0.2, 0.25) is 0 Å². The molecule has 0 bridgehead atoms. The van der Waals surface area contributed by atoms with Gasteiger partial charge in [-0.25, -0.2) is 0 Å². The molecule has 3 N–H and O–H groups in total. The lowest BCUT2D eigenvalue weighted by molar-refractivity contribution is -0.118. The lowest BCUT2D eigenvalue weighted by atomic mass is 9.94. The van der Waals surface area contributed by atoms with Crippen LogP contribution in [0.4, 0.5) is 5.69 Å². The smallest absolute Gasteiger partial charge is 0.234 e.